The summed E-state index contributed by atoms with van der Waals surface area (Å²) in [5, 5.41) is 2.64. The van der Waals surface area contributed by atoms with Gasteiger partial charge in [-0.05, 0) is 41.0 Å². The summed E-state index contributed by atoms with van der Waals surface area (Å²) in [7, 11) is -4.49. The Morgan fingerprint density at radius 1 is 0.929 bits per heavy atom. The molecule has 3 rings (SSSR count). The molecule has 5 nitrogen and oxygen atoms in total. The van der Waals surface area contributed by atoms with Crippen molar-refractivity contribution in [2.24, 2.45) is 0 Å². The van der Waals surface area contributed by atoms with Crippen molar-refractivity contribution in [1.82, 2.24) is 0 Å². The summed E-state index contributed by atoms with van der Waals surface area (Å²) in [6, 6.07) is 21.2. The lowest BCUT2D eigenvalue weighted by molar-refractivity contribution is -0.111. The van der Waals surface area contributed by atoms with Crippen LogP contribution in [-0.4, -0.2) is 18.9 Å². The topological polar surface area (TPSA) is 83.5 Å². The Morgan fingerprint density at radius 3 is 2.21 bits per heavy atom. The average Bonchev–Trinajstić information content (AvgIpc) is 2.66. The van der Waals surface area contributed by atoms with Crippen molar-refractivity contribution in [2.75, 3.05) is 5.32 Å². The number of carbonyl (C=O) groups is 1. The normalized spacial score (nSPS) is 11.5. The molecular formula is C21H16ClNO4S. The molecule has 7 heteroatoms. The minimum absolute atomic E-state index is 0.0934. The number of halogens is 1. The van der Waals surface area contributed by atoms with E-state index in [1.807, 2.05) is 54.6 Å². The highest BCUT2D eigenvalue weighted by Gasteiger charge is 2.16. The zero-order valence-electron chi connectivity index (χ0n) is 14.5. The first-order valence-electron chi connectivity index (χ1n) is 8.24. The fourth-order valence-corrected chi connectivity index (χ4v) is 3.39. The molecule has 2 N–H and O–H groups in total. The molecule has 0 spiro atoms. The second-order valence-corrected chi connectivity index (χ2v) is 7.75. The first kappa shape index (κ1) is 19.8. The monoisotopic (exact) mass is 413 g/mol. The van der Waals surface area contributed by atoms with Gasteiger partial charge in [-0.2, -0.15) is 8.42 Å². The Labute approximate surface area is 168 Å². The molecule has 0 saturated carbocycles. The van der Waals surface area contributed by atoms with Crippen LogP contribution in [-0.2, 0) is 14.9 Å². The lowest BCUT2D eigenvalue weighted by Gasteiger charge is -2.08. The van der Waals surface area contributed by atoms with E-state index in [1.165, 1.54) is 18.2 Å². The van der Waals surface area contributed by atoms with Crippen LogP contribution in [0.15, 0.2) is 83.8 Å². The Balaban J connectivity index is 1.74. The maximum absolute atomic E-state index is 12.1. The molecule has 0 aliphatic carbocycles. The number of benzene rings is 3. The lowest BCUT2D eigenvalue weighted by Crippen LogP contribution is -2.12. The van der Waals surface area contributed by atoms with Gasteiger partial charge in [0, 0.05) is 11.1 Å². The van der Waals surface area contributed by atoms with Gasteiger partial charge in [0.1, 0.15) is 4.90 Å². The Kier molecular flexibility index (Phi) is 5.94. The smallest absolute Gasteiger partial charge is 0.296 e. The zero-order valence-corrected chi connectivity index (χ0v) is 16.1. The van der Waals surface area contributed by atoms with Crippen molar-refractivity contribution in [1.29, 1.82) is 0 Å². The molecule has 0 aromatic heterocycles. The Bertz CT molecular complexity index is 1120. The summed E-state index contributed by atoms with van der Waals surface area (Å²) in [4.78, 5) is 11.7. The fraction of sp³-hybridized carbons (Fsp3) is 0. The third kappa shape index (κ3) is 5.07. The first-order chi connectivity index (χ1) is 13.3. The van der Waals surface area contributed by atoms with Crippen LogP contribution in [0.5, 0.6) is 0 Å². The fourth-order valence-electron chi connectivity index (χ4n) is 2.59. The summed E-state index contributed by atoms with van der Waals surface area (Å²) in [5.41, 5.74) is 2.85. The predicted octanol–water partition coefficient (Wildman–Crippen LogP) is 4.91. The summed E-state index contributed by atoms with van der Waals surface area (Å²) in [5.74, 6) is -0.556. The molecule has 142 valence electrons. The summed E-state index contributed by atoms with van der Waals surface area (Å²) >= 11 is 5.84. The van der Waals surface area contributed by atoms with Crippen molar-refractivity contribution >= 4 is 39.4 Å². The number of nitrogens with one attached hydrogen (secondary N) is 1. The summed E-state index contributed by atoms with van der Waals surface area (Å²) in [6.45, 7) is 0. The van der Waals surface area contributed by atoms with Crippen LogP contribution < -0.4 is 5.32 Å². The molecule has 1 amide bonds. The van der Waals surface area contributed by atoms with Crippen LogP contribution in [0.2, 0.25) is 5.02 Å². The van der Waals surface area contributed by atoms with Crippen LogP contribution >= 0.6 is 11.6 Å². The van der Waals surface area contributed by atoms with Crippen LogP contribution in [0, 0.1) is 0 Å². The van der Waals surface area contributed by atoms with E-state index in [2.05, 4.69) is 5.32 Å². The van der Waals surface area contributed by atoms with Gasteiger partial charge >= 0.3 is 0 Å². The molecular weight excluding hydrogens is 398 g/mol. The number of hydrogen-bond donors (Lipinski definition) is 2. The molecule has 0 fully saturated rings. The Hall–Kier alpha value is -2.93. The van der Waals surface area contributed by atoms with Gasteiger partial charge in [-0.25, -0.2) is 0 Å². The molecule has 0 atom stereocenters. The van der Waals surface area contributed by atoms with Gasteiger partial charge in [0.25, 0.3) is 10.1 Å². The third-order valence-electron chi connectivity index (χ3n) is 3.92. The number of amides is 1. The van der Waals surface area contributed by atoms with Gasteiger partial charge in [0.2, 0.25) is 5.91 Å². The zero-order chi connectivity index (χ0) is 20.1. The van der Waals surface area contributed by atoms with Crippen LogP contribution in [0.1, 0.15) is 5.56 Å². The first-order valence-corrected chi connectivity index (χ1v) is 10.1. The average molecular weight is 414 g/mol. The highest BCUT2D eigenvalue weighted by molar-refractivity contribution is 7.86. The number of hydrogen-bond acceptors (Lipinski definition) is 3. The highest BCUT2D eigenvalue weighted by atomic mass is 35.5. The second kappa shape index (κ2) is 8.39. The lowest BCUT2D eigenvalue weighted by atomic mass is 10.0. The van der Waals surface area contributed by atoms with Gasteiger partial charge in [-0.15, -0.1) is 0 Å². The SMILES string of the molecule is O=C(C=Cc1ccc(-c2ccccc2)cc1)Nc1cc(Cl)ccc1S(=O)(=O)O. The maximum atomic E-state index is 12.1. The number of anilines is 1. The molecule has 0 heterocycles. The van der Waals surface area contributed by atoms with Crippen LogP contribution in [0.3, 0.4) is 0 Å². The largest absolute Gasteiger partial charge is 0.321 e. The standard InChI is InChI=1S/C21H16ClNO4S/c22-18-11-12-20(28(25,26)27)19(14-18)23-21(24)13-8-15-6-9-17(10-7-15)16-4-2-1-3-5-16/h1-14H,(H,23,24)(H,25,26,27). The third-order valence-corrected chi connectivity index (χ3v) is 5.07. The van der Waals surface area contributed by atoms with Crippen molar-refractivity contribution in [2.45, 2.75) is 4.90 Å². The molecule has 0 bridgehead atoms. The summed E-state index contributed by atoms with van der Waals surface area (Å²) in [6.07, 6.45) is 2.87. The van der Waals surface area contributed by atoms with E-state index in [-0.39, 0.29) is 10.7 Å². The van der Waals surface area contributed by atoms with Crippen LogP contribution in [0.4, 0.5) is 5.69 Å². The summed E-state index contributed by atoms with van der Waals surface area (Å²) < 4.78 is 32.1. The minimum Gasteiger partial charge on any atom is -0.321 e. The van der Waals surface area contributed by atoms with E-state index in [9.17, 15) is 17.8 Å². The van der Waals surface area contributed by atoms with Crippen molar-refractivity contribution in [3.8, 4) is 11.1 Å². The maximum Gasteiger partial charge on any atom is 0.296 e. The van der Waals surface area contributed by atoms with Crippen molar-refractivity contribution in [3.05, 3.63) is 89.5 Å². The van der Waals surface area contributed by atoms with E-state index in [4.69, 9.17) is 11.6 Å². The van der Waals surface area contributed by atoms with Gasteiger partial charge in [-0.3, -0.25) is 9.35 Å². The molecule has 0 unspecified atom stereocenters. The van der Waals surface area contributed by atoms with E-state index >= 15 is 0 Å². The van der Waals surface area contributed by atoms with Crippen LogP contribution in [0.25, 0.3) is 17.2 Å². The van der Waals surface area contributed by atoms with Crippen molar-refractivity contribution < 1.29 is 17.8 Å². The molecule has 3 aromatic carbocycles. The molecule has 28 heavy (non-hydrogen) atoms. The molecule has 0 radical (unpaired) electrons. The van der Waals surface area contributed by atoms with Gasteiger partial charge in [0.15, 0.2) is 0 Å². The quantitative estimate of drug-likeness (QED) is 0.460. The van der Waals surface area contributed by atoms with E-state index in [0.29, 0.717) is 0 Å². The molecule has 0 aliphatic heterocycles. The van der Waals surface area contributed by atoms with Crippen molar-refractivity contribution in [3.63, 3.8) is 0 Å². The van der Waals surface area contributed by atoms with Gasteiger partial charge in [-0.1, -0.05) is 66.2 Å². The molecule has 0 aliphatic rings. The number of carbonyl (C=O) groups excluding carboxylic acids is 1. The van der Waals surface area contributed by atoms with Gasteiger partial charge in [0.05, 0.1) is 5.69 Å². The predicted molar refractivity (Wildman–Crippen MR) is 111 cm³/mol. The number of rotatable bonds is 5. The Morgan fingerprint density at radius 2 is 1.57 bits per heavy atom. The highest BCUT2D eigenvalue weighted by Crippen LogP contribution is 2.25. The van der Waals surface area contributed by atoms with E-state index in [1.54, 1.807) is 6.08 Å². The van der Waals surface area contributed by atoms with E-state index in [0.717, 1.165) is 22.8 Å². The molecule has 0 saturated heterocycles. The van der Waals surface area contributed by atoms with E-state index < -0.39 is 20.9 Å². The molecule has 3 aromatic rings. The second-order valence-electron chi connectivity index (χ2n) is 5.93. The van der Waals surface area contributed by atoms with Gasteiger partial charge < -0.3 is 5.32 Å². The minimum atomic E-state index is -4.49.